The van der Waals surface area contributed by atoms with E-state index in [4.69, 9.17) is 4.74 Å². The summed E-state index contributed by atoms with van der Waals surface area (Å²) in [6, 6.07) is 0.0925. The summed E-state index contributed by atoms with van der Waals surface area (Å²) in [4.78, 5) is 14.0. The van der Waals surface area contributed by atoms with Crippen LogP contribution in [-0.2, 0) is 15.9 Å². The summed E-state index contributed by atoms with van der Waals surface area (Å²) in [5.41, 5.74) is -0.472. The minimum absolute atomic E-state index is 0.0925. The first-order valence-electron chi connectivity index (χ1n) is 6.90. The summed E-state index contributed by atoms with van der Waals surface area (Å²) < 4.78 is 16.9. The Bertz CT molecular complexity index is 312. The Balaban J connectivity index is 2.73. The predicted molar refractivity (Wildman–Crippen MR) is 78.6 cm³/mol. The molecule has 1 fully saturated rings. The number of carbonyl (C=O) groups excluding carboxylic acids is 1. The van der Waals surface area contributed by atoms with Crippen molar-refractivity contribution in [3.05, 3.63) is 0 Å². The molecule has 0 aromatic heterocycles. The molecule has 1 rings (SSSR count). The maximum absolute atomic E-state index is 12.2. The maximum Gasteiger partial charge on any atom is 0.410 e. The minimum atomic E-state index is -0.825. The van der Waals surface area contributed by atoms with Gasteiger partial charge in [-0.2, -0.15) is 0 Å². The fourth-order valence-corrected chi connectivity index (χ4v) is 3.63. The molecule has 1 saturated heterocycles. The van der Waals surface area contributed by atoms with Crippen molar-refractivity contribution in [2.24, 2.45) is 11.8 Å². The van der Waals surface area contributed by atoms with Crippen molar-refractivity contribution < 1.29 is 14.1 Å². The monoisotopic (exact) mass is 289 g/mol. The van der Waals surface area contributed by atoms with E-state index in [1.807, 2.05) is 27.7 Å². The number of hydrogen-bond acceptors (Lipinski definition) is 3. The van der Waals surface area contributed by atoms with Gasteiger partial charge in [-0.3, -0.25) is 0 Å². The molecule has 4 atom stereocenters. The van der Waals surface area contributed by atoms with Crippen LogP contribution in [0.5, 0.6) is 0 Å². The predicted octanol–water partition coefficient (Wildman–Crippen LogP) is 2.65. The fraction of sp³-hybridized carbons (Fsp3) is 0.929. The van der Waals surface area contributed by atoms with Gasteiger partial charge >= 0.3 is 6.09 Å². The Hall–Kier alpha value is -0.420. The first kappa shape index (κ1) is 16.6. The third kappa shape index (κ3) is 5.22. The van der Waals surface area contributed by atoms with Crippen molar-refractivity contribution in [3.8, 4) is 0 Å². The Morgan fingerprint density at radius 2 is 2.00 bits per heavy atom. The maximum atomic E-state index is 12.2. The molecule has 0 bridgehead atoms. The van der Waals surface area contributed by atoms with E-state index in [0.717, 1.165) is 13.0 Å². The molecule has 4 unspecified atom stereocenters. The van der Waals surface area contributed by atoms with Gasteiger partial charge in [0.15, 0.2) is 0 Å². The van der Waals surface area contributed by atoms with Crippen LogP contribution in [0.3, 0.4) is 0 Å². The van der Waals surface area contributed by atoms with Crippen molar-refractivity contribution in [1.82, 2.24) is 4.90 Å². The second-order valence-electron chi connectivity index (χ2n) is 6.71. The van der Waals surface area contributed by atoms with Crippen molar-refractivity contribution >= 4 is 17.3 Å². The lowest BCUT2D eigenvalue weighted by molar-refractivity contribution is -0.00262. The molecule has 112 valence electrons. The van der Waals surface area contributed by atoms with E-state index in [1.54, 1.807) is 11.2 Å². The Kier molecular flexibility index (Phi) is 5.56. The van der Waals surface area contributed by atoms with Crippen molar-refractivity contribution in [3.63, 3.8) is 0 Å². The number of hydrogen-bond donors (Lipinski definition) is 0. The number of piperidine rings is 1. The van der Waals surface area contributed by atoms with Gasteiger partial charge in [0.25, 0.3) is 0 Å². The number of carbonyl (C=O) groups is 1. The van der Waals surface area contributed by atoms with E-state index in [1.165, 1.54) is 0 Å². The summed E-state index contributed by atoms with van der Waals surface area (Å²) >= 11 is -0.825. The van der Waals surface area contributed by atoms with Crippen LogP contribution in [0.25, 0.3) is 0 Å². The van der Waals surface area contributed by atoms with Crippen molar-refractivity contribution in [2.45, 2.75) is 52.7 Å². The molecule has 0 spiro atoms. The number of nitrogens with zero attached hydrogens (tertiary/aromatic N) is 1. The van der Waals surface area contributed by atoms with Crippen LogP contribution in [0.15, 0.2) is 0 Å². The molecule has 1 amide bonds. The topological polar surface area (TPSA) is 52.6 Å². The van der Waals surface area contributed by atoms with Crippen LogP contribution in [0.1, 0.15) is 41.0 Å². The van der Waals surface area contributed by atoms with Gasteiger partial charge in [-0.25, -0.2) is 4.79 Å². The minimum Gasteiger partial charge on any atom is -0.617 e. The Labute approximate surface area is 120 Å². The van der Waals surface area contributed by atoms with E-state index in [0.29, 0.717) is 17.6 Å². The van der Waals surface area contributed by atoms with Gasteiger partial charge in [-0.05, 0) is 40.0 Å². The van der Waals surface area contributed by atoms with Gasteiger partial charge in [-0.1, -0.05) is 18.1 Å². The first-order chi connectivity index (χ1) is 8.60. The highest BCUT2D eigenvalue weighted by Gasteiger charge is 2.37. The molecule has 0 N–H and O–H groups in total. The smallest absolute Gasteiger partial charge is 0.410 e. The molecule has 4 nitrogen and oxygen atoms in total. The van der Waals surface area contributed by atoms with Crippen LogP contribution in [0, 0.1) is 11.8 Å². The lowest BCUT2D eigenvalue weighted by Crippen LogP contribution is -2.52. The average molecular weight is 289 g/mol. The van der Waals surface area contributed by atoms with Crippen LogP contribution < -0.4 is 0 Å². The molecular weight excluding hydrogens is 262 g/mol. The highest BCUT2D eigenvalue weighted by Crippen LogP contribution is 2.29. The fourth-order valence-electron chi connectivity index (χ4n) is 2.61. The SMILES string of the molecule is CC1CC(C[S+](C)[O-])C(C)N(C(=O)OC(C)(C)C)C1. The largest absolute Gasteiger partial charge is 0.617 e. The zero-order valence-electron chi connectivity index (χ0n) is 12.9. The summed E-state index contributed by atoms with van der Waals surface area (Å²) in [5.74, 6) is 1.38. The zero-order valence-corrected chi connectivity index (χ0v) is 13.8. The van der Waals surface area contributed by atoms with Gasteiger partial charge < -0.3 is 14.2 Å². The third-order valence-corrected chi connectivity index (χ3v) is 4.36. The van der Waals surface area contributed by atoms with E-state index in [9.17, 15) is 9.35 Å². The number of ether oxygens (including phenoxy) is 1. The lowest BCUT2D eigenvalue weighted by Gasteiger charge is -2.42. The second-order valence-corrected chi connectivity index (χ2v) is 8.19. The third-order valence-electron chi connectivity index (χ3n) is 3.46. The molecule has 0 aromatic rings. The van der Waals surface area contributed by atoms with E-state index in [2.05, 4.69) is 6.92 Å². The van der Waals surface area contributed by atoms with Crippen LogP contribution in [0.4, 0.5) is 4.79 Å². The summed E-state index contributed by atoms with van der Waals surface area (Å²) in [7, 11) is 0. The van der Waals surface area contributed by atoms with Gasteiger partial charge in [0.05, 0.1) is 6.26 Å². The zero-order chi connectivity index (χ0) is 14.8. The van der Waals surface area contributed by atoms with Crippen LogP contribution in [0.2, 0.25) is 0 Å². The highest BCUT2D eigenvalue weighted by atomic mass is 32.2. The van der Waals surface area contributed by atoms with E-state index < -0.39 is 16.8 Å². The van der Waals surface area contributed by atoms with Crippen molar-refractivity contribution in [2.75, 3.05) is 18.6 Å². The first-order valence-corrected chi connectivity index (χ1v) is 8.62. The molecule has 0 radical (unpaired) electrons. The van der Waals surface area contributed by atoms with Crippen LogP contribution >= 0.6 is 0 Å². The van der Waals surface area contributed by atoms with Gasteiger partial charge in [-0.15, -0.1) is 0 Å². The normalized spacial score (nSPS) is 30.1. The summed E-state index contributed by atoms with van der Waals surface area (Å²) in [6.07, 6.45) is 2.50. The van der Waals surface area contributed by atoms with Crippen molar-refractivity contribution in [1.29, 1.82) is 0 Å². The summed E-state index contributed by atoms with van der Waals surface area (Å²) in [6.45, 7) is 10.5. The Morgan fingerprint density at radius 1 is 1.42 bits per heavy atom. The number of rotatable bonds is 2. The molecular formula is C14H27NO3S. The lowest BCUT2D eigenvalue weighted by atomic mass is 9.86. The van der Waals surface area contributed by atoms with Crippen LogP contribution in [-0.4, -0.2) is 45.7 Å². The molecule has 5 heteroatoms. The van der Waals surface area contributed by atoms with Gasteiger partial charge in [0.1, 0.15) is 11.4 Å². The highest BCUT2D eigenvalue weighted by molar-refractivity contribution is 7.90. The molecule has 0 aromatic carbocycles. The number of likely N-dealkylation sites (tertiary alicyclic amines) is 1. The molecule has 0 saturated carbocycles. The Morgan fingerprint density at radius 3 is 2.47 bits per heavy atom. The van der Waals surface area contributed by atoms with Gasteiger partial charge in [0.2, 0.25) is 0 Å². The summed E-state index contributed by atoms with van der Waals surface area (Å²) in [5, 5.41) is 0. The molecule has 1 aliphatic heterocycles. The number of amides is 1. The molecule has 0 aliphatic carbocycles. The standard InChI is InChI=1S/C14H27NO3S/c1-10-7-12(9-19(6)17)11(2)15(8-10)13(16)18-14(3,4)5/h10-12H,7-9H2,1-6H3. The molecule has 19 heavy (non-hydrogen) atoms. The average Bonchev–Trinajstić information content (AvgIpc) is 2.19. The second kappa shape index (κ2) is 6.35. The quantitative estimate of drug-likeness (QED) is 0.734. The van der Waals surface area contributed by atoms with E-state index >= 15 is 0 Å². The molecule has 1 heterocycles. The molecule has 1 aliphatic rings. The van der Waals surface area contributed by atoms with E-state index in [-0.39, 0.29) is 12.1 Å². The van der Waals surface area contributed by atoms with Gasteiger partial charge in [0, 0.05) is 18.5 Å².